The molecule has 0 aliphatic heterocycles. The van der Waals surface area contributed by atoms with Crippen LogP contribution < -0.4 is 10.1 Å². The molecule has 0 saturated carbocycles. The lowest BCUT2D eigenvalue weighted by Gasteiger charge is -2.14. The third kappa shape index (κ3) is 3.85. The van der Waals surface area contributed by atoms with Crippen molar-refractivity contribution < 1.29 is 9.53 Å². The normalized spacial score (nSPS) is 11.8. The monoisotopic (exact) mass is 347 g/mol. The average molecular weight is 348 g/mol. The number of hydrogen-bond donors (Lipinski definition) is 1. The summed E-state index contributed by atoms with van der Waals surface area (Å²) in [5.74, 6) is 0.432. The molecule has 0 bridgehead atoms. The van der Waals surface area contributed by atoms with Gasteiger partial charge in [0.05, 0.1) is 12.2 Å². The third-order valence-corrected chi connectivity index (χ3v) is 3.56. The number of para-hydroxylation sites is 2. The van der Waals surface area contributed by atoms with Crippen molar-refractivity contribution in [1.29, 1.82) is 0 Å². The van der Waals surface area contributed by atoms with Crippen LogP contribution in [0.15, 0.2) is 48.5 Å². The summed E-state index contributed by atoms with van der Waals surface area (Å²) in [5.41, 5.74) is 2.38. The van der Waals surface area contributed by atoms with Crippen molar-refractivity contribution >= 4 is 27.5 Å². The zero-order valence-corrected chi connectivity index (χ0v) is 13.7. The number of carbonyl (C=O) groups excluding carboxylic acids is 1. The summed E-state index contributed by atoms with van der Waals surface area (Å²) >= 11 is 3.54. The maximum atomic E-state index is 12.5. The highest BCUT2D eigenvalue weighted by atomic mass is 79.9. The summed E-state index contributed by atoms with van der Waals surface area (Å²) in [4.78, 5) is 12.6. The summed E-state index contributed by atoms with van der Waals surface area (Å²) < 4.78 is 5.50. The molecule has 0 aliphatic rings. The minimum absolute atomic E-state index is 0.163. The molecule has 2 aromatic carbocycles. The average Bonchev–Trinajstić information content (AvgIpc) is 2.48. The molecule has 0 spiro atoms. The largest absolute Gasteiger partial charge is 0.493 e. The first kappa shape index (κ1) is 15.6. The van der Waals surface area contributed by atoms with Gasteiger partial charge in [-0.25, -0.2) is 0 Å². The second-order valence-electron chi connectivity index (χ2n) is 4.59. The van der Waals surface area contributed by atoms with Crippen LogP contribution in [0.2, 0.25) is 0 Å². The number of nitrogens with one attached hydrogen (secondary N) is 1. The molecule has 0 saturated heterocycles. The van der Waals surface area contributed by atoms with Gasteiger partial charge in [0.25, 0.3) is 5.91 Å². The molecule has 1 amide bonds. The Kier molecular flexibility index (Phi) is 5.39. The van der Waals surface area contributed by atoms with Crippen LogP contribution in [-0.2, 0) is 0 Å². The van der Waals surface area contributed by atoms with Gasteiger partial charge in [-0.05, 0) is 37.6 Å². The Labute approximate surface area is 133 Å². The topological polar surface area (TPSA) is 38.3 Å². The van der Waals surface area contributed by atoms with Crippen LogP contribution in [0.1, 0.15) is 34.6 Å². The highest BCUT2D eigenvalue weighted by Gasteiger charge is 2.14. The Hall–Kier alpha value is -1.81. The summed E-state index contributed by atoms with van der Waals surface area (Å²) in [6, 6.07) is 15.0. The van der Waals surface area contributed by atoms with E-state index in [-0.39, 0.29) is 10.7 Å². The molecule has 21 heavy (non-hydrogen) atoms. The van der Waals surface area contributed by atoms with Gasteiger partial charge in [-0.2, -0.15) is 0 Å². The van der Waals surface area contributed by atoms with E-state index in [2.05, 4.69) is 21.2 Å². The van der Waals surface area contributed by atoms with E-state index in [0.29, 0.717) is 17.9 Å². The van der Waals surface area contributed by atoms with Gasteiger partial charge in [-0.15, -0.1) is 0 Å². The van der Waals surface area contributed by atoms with Gasteiger partial charge >= 0.3 is 0 Å². The van der Waals surface area contributed by atoms with E-state index in [1.165, 1.54) is 0 Å². The van der Waals surface area contributed by atoms with Gasteiger partial charge in [0, 0.05) is 10.5 Å². The number of anilines is 1. The summed E-state index contributed by atoms with van der Waals surface area (Å²) in [6.07, 6.45) is 0. The number of amides is 1. The Morgan fingerprint density at radius 1 is 1.19 bits per heavy atom. The molecule has 0 radical (unpaired) electrons. The molecular formula is C17H18BrNO2. The van der Waals surface area contributed by atoms with E-state index in [4.69, 9.17) is 4.74 Å². The van der Waals surface area contributed by atoms with E-state index in [1.807, 2.05) is 50.2 Å². The zero-order valence-electron chi connectivity index (χ0n) is 12.1. The van der Waals surface area contributed by atoms with E-state index >= 15 is 0 Å². The minimum atomic E-state index is -0.167. The Bertz CT molecular complexity index is 626. The minimum Gasteiger partial charge on any atom is -0.493 e. The number of hydrogen-bond acceptors (Lipinski definition) is 2. The molecule has 2 aromatic rings. The number of rotatable bonds is 5. The maximum absolute atomic E-state index is 12.5. The predicted octanol–water partition coefficient (Wildman–Crippen LogP) is 4.79. The van der Waals surface area contributed by atoms with E-state index in [1.54, 1.807) is 12.1 Å². The lowest BCUT2D eigenvalue weighted by atomic mass is 10.1. The number of halogens is 1. The Morgan fingerprint density at radius 3 is 2.57 bits per heavy atom. The fraction of sp³-hybridized carbons (Fsp3) is 0.235. The first-order valence-corrected chi connectivity index (χ1v) is 7.81. The quantitative estimate of drug-likeness (QED) is 0.789. The highest BCUT2D eigenvalue weighted by molar-refractivity contribution is 9.09. The Morgan fingerprint density at radius 2 is 1.86 bits per heavy atom. The Balaban J connectivity index is 2.27. The molecule has 1 N–H and O–H groups in total. The van der Waals surface area contributed by atoms with Crippen LogP contribution in [0, 0.1) is 0 Å². The number of carbonyl (C=O) groups is 1. The fourth-order valence-electron chi connectivity index (χ4n) is 2.08. The van der Waals surface area contributed by atoms with Crippen LogP contribution in [0.3, 0.4) is 0 Å². The van der Waals surface area contributed by atoms with Gasteiger partial charge in [-0.3, -0.25) is 4.79 Å². The second-order valence-corrected chi connectivity index (χ2v) is 5.96. The zero-order chi connectivity index (χ0) is 15.2. The van der Waals surface area contributed by atoms with Crippen LogP contribution >= 0.6 is 15.9 Å². The van der Waals surface area contributed by atoms with E-state index in [0.717, 1.165) is 11.3 Å². The van der Waals surface area contributed by atoms with Crippen molar-refractivity contribution in [2.75, 3.05) is 11.9 Å². The first-order valence-electron chi connectivity index (χ1n) is 6.89. The number of benzene rings is 2. The van der Waals surface area contributed by atoms with Crippen molar-refractivity contribution in [2.24, 2.45) is 0 Å². The molecule has 0 fully saturated rings. The van der Waals surface area contributed by atoms with E-state index < -0.39 is 0 Å². The molecule has 110 valence electrons. The van der Waals surface area contributed by atoms with Crippen molar-refractivity contribution in [1.82, 2.24) is 0 Å². The molecule has 3 nitrogen and oxygen atoms in total. The van der Waals surface area contributed by atoms with Crippen molar-refractivity contribution in [3.05, 3.63) is 59.7 Å². The van der Waals surface area contributed by atoms with Crippen molar-refractivity contribution in [3.8, 4) is 5.75 Å². The summed E-state index contributed by atoms with van der Waals surface area (Å²) in [6.45, 7) is 4.45. The standard InChI is InChI=1S/C17H18BrNO2/c1-3-21-16-11-7-5-9-14(16)17(20)19-15-10-6-4-8-13(15)12(2)18/h4-12H,3H2,1-2H3,(H,19,20). The van der Waals surface area contributed by atoms with Gasteiger partial charge in [-0.1, -0.05) is 46.3 Å². The molecule has 0 aromatic heterocycles. The molecule has 0 heterocycles. The second kappa shape index (κ2) is 7.27. The van der Waals surface area contributed by atoms with Gasteiger partial charge in [0.2, 0.25) is 0 Å². The number of ether oxygens (including phenoxy) is 1. The van der Waals surface area contributed by atoms with Gasteiger partial charge in [0.1, 0.15) is 5.75 Å². The van der Waals surface area contributed by atoms with E-state index in [9.17, 15) is 4.79 Å². The van der Waals surface area contributed by atoms with Crippen LogP contribution in [0.5, 0.6) is 5.75 Å². The van der Waals surface area contributed by atoms with Gasteiger partial charge in [0.15, 0.2) is 0 Å². The molecule has 1 unspecified atom stereocenters. The van der Waals surface area contributed by atoms with Crippen LogP contribution in [-0.4, -0.2) is 12.5 Å². The first-order chi connectivity index (χ1) is 10.1. The summed E-state index contributed by atoms with van der Waals surface area (Å²) in [5, 5.41) is 2.96. The van der Waals surface area contributed by atoms with Crippen LogP contribution in [0.4, 0.5) is 5.69 Å². The molecule has 0 aliphatic carbocycles. The predicted molar refractivity (Wildman–Crippen MR) is 89.3 cm³/mol. The SMILES string of the molecule is CCOc1ccccc1C(=O)Nc1ccccc1C(C)Br. The van der Waals surface area contributed by atoms with Gasteiger partial charge < -0.3 is 10.1 Å². The fourth-order valence-corrected chi connectivity index (χ4v) is 2.48. The lowest BCUT2D eigenvalue weighted by molar-refractivity contribution is 0.102. The smallest absolute Gasteiger partial charge is 0.259 e. The van der Waals surface area contributed by atoms with Crippen molar-refractivity contribution in [2.45, 2.75) is 18.7 Å². The third-order valence-electron chi connectivity index (χ3n) is 3.07. The molecule has 4 heteroatoms. The maximum Gasteiger partial charge on any atom is 0.259 e. The molecular weight excluding hydrogens is 330 g/mol. The van der Waals surface area contributed by atoms with Crippen LogP contribution in [0.25, 0.3) is 0 Å². The van der Waals surface area contributed by atoms with Crippen molar-refractivity contribution in [3.63, 3.8) is 0 Å². The summed E-state index contributed by atoms with van der Waals surface area (Å²) in [7, 11) is 0. The highest BCUT2D eigenvalue weighted by Crippen LogP contribution is 2.29. The molecule has 2 rings (SSSR count). The lowest BCUT2D eigenvalue weighted by Crippen LogP contribution is -2.15. The molecule has 1 atom stereocenters. The number of alkyl halides is 1.